The first-order chi connectivity index (χ1) is 23.4. The summed E-state index contributed by atoms with van der Waals surface area (Å²) in [5.41, 5.74) is 12.0. The van der Waals surface area contributed by atoms with Crippen LogP contribution in [0.2, 0.25) is 0 Å². The van der Waals surface area contributed by atoms with Gasteiger partial charge in [-0.1, -0.05) is 0 Å². The van der Waals surface area contributed by atoms with Crippen molar-refractivity contribution in [2.45, 2.75) is 142 Å². The molecule has 17 N–H and O–H groups in total. The molecule has 0 aromatic heterocycles. The second-order valence-electron chi connectivity index (χ2n) is 12.7. The minimum absolute atomic E-state index is 0.865. The molecule has 23 nitrogen and oxygen atoms in total. The van der Waals surface area contributed by atoms with Crippen LogP contribution in [0.15, 0.2) is 0 Å². The van der Waals surface area contributed by atoms with Crippen LogP contribution in [0.5, 0.6) is 0 Å². The summed E-state index contributed by atoms with van der Waals surface area (Å²) < 4.78 is 39.0. The molecule has 4 rings (SSSR count). The van der Waals surface area contributed by atoms with Gasteiger partial charge in [-0.25, -0.2) is 4.79 Å². The molecule has 4 heterocycles. The first-order valence-corrected chi connectivity index (χ1v) is 15.8. The van der Waals surface area contributed by atoms with Crippen molar-refractivity contribution in [2.75, 3.05) is 19.8 Å². The molecular formula is C27H48N2O21. The minimum Gasteiger partial charge on any atom is -0.477 e. The summed E-state index contributed by atoms with van der Waals surface area (Å²) in [6.07, 6.45) is -33.2. The molecule has 23 heteroatoms. The molecule has 0 bridgehead atoms. The maximum absolute atomic E-state index is 12.6. The molecule has 21 atom stereocenters. The maximum Gasteiger partial charge on any atom is 0.364 e. The Labute approximate surface area is 283 Å². The van der Waals surface area contributed by atoms with Crippen LogP contribution >= 0.6 is 0 Å². The predicted molar refractivity (Wildman–Crippen MR) is 154 cm³/mol. The number of ether oxygens (including phenoxy) is 7. The van der Waals surface area contributed by atoms with Gasteiger partial charge in [-0.2, -0.15) is 0 Å². The smallest absolute Gasteiger partial charge is 0.364 e. The van der Waals surface area contributed by atoms with Crippen LogP contribution in [0.3, 0.4) is 0 Å². The van der Waals surface area contributed by atoms with Crippen LogP contribution in [-0.2, 0) is 38.0 Å². The van der Waals surface area contributed by atoms with E-state index in [-0.39, 0.29) is 0 Å². The molecule has 0 aliphatic carbocycles. The topological polar surface area (TPSA) is 397 Å². The number of carboxylic acids is 1. The van der Waals surface area contributed by atoms with E-state index in [4.69, 9.17) is 44.6 Å². The van der Waals surface area contributed by atoms with Crippen molar-refractivity contribution in [1.29, 1.82) is 0 Å². The van der Waals surface area contributed by atoms with Gasteiger partial charge >= 0.3 is 5.97 Å². The Kier molecular flexibility index (Phi) is 13.9. The van der Waals surface area contributed by atoms with Gasteiger partial charge < -0.3 is 111 Å². The first-order valence-electron chi connectivity index (χ1n) is 15.8. The Hall–Kier alpha value is -1.37. The van der Waals surface area contributed by atoms with E-state index in [1.165, 1.54) is 6.92 Å². The van der Waals surface area contributed by atoms with Gasteiger partial charge in [0.2, 0.25) is 0 Å². The van der Waals surface area contributed by atoms with Crippen molar-refractivity contribution in [1.82, 2.24) is 0 Å². The third-order valence-corrected chi connectivity index (χ3v) is 9.30. The number of hydrogen-bond donors (Lipinski definition) is 15. The lowest BCUT2D eigenvalue weighted by molar-refractivity contribution is -0.388. The normalized spacial score (nSPS) is 50.1. The minimum atomic E-state index is -3.00. The summed E-state index contributed by atoms with van der Waals surface area (Å²) in [4.78, 5) is 12.6. The number of nitrogens with two attached hydrogens (primary N) is 2. The van der Waals surface area contributed by atoms with Crippen LogP contribution in [0, 0.1) is 0 Å². The van der Waals surface area contributed by atoms with E-state index in [1.54, 1.807) is 0 Å². The third kappa shape index (κ3) is 8.08. The van der Waals surface area contributed by atoms with Gasteiger partial charge in [0.15, 0.2) is 18.9 Å². The van der Waals surface area contributed by atoms with E-state index < -0.39 is 161 Å². The lowest BCUT2D eigenvalue weighted by Gasteiger charge is -2.51. The molecule has 292 valence electrons. The fraction of sp³-hybridized carbons (Fsp3) is 0.963. The van der Waals surface area contributed by atoms with Crippen molar-refractivity contribution < 1.29 is 104 Å². The summed E-state index contributed by atoms with van der Waals surface area (Å²) in [6, 6.07) is -3.11. The van der Waals surface area contributed by atoms with E-state index >= 15 is 0 Å². The average molecular weight is 737 g/mol. The second kappa shape index (κ2) is 16.8. The largest absolute Gasteiger partial charge is 0.477 e. The van der Waals surface area contributed by atoms with Crippen molar-refractivity contribution in [3.05, 3.63) is 0 Å². The van der Waals surface area contributed by atoms with E-state index in [2.05, 4.69) is 0 Å². The molecule has 0 saturated carbocycles. The van der Waals surface area contributed by atoms with Gasteiger partial charge in [-0.15, -0.1) is 0 Å². The third-order valence-electron chi connectivity index (χ3n) is 9.30. The predicted octanol–water partition coefficient (Wildman–Crippen LogP) is -9.58. The first kappa shape index (κ1) is 41.4. The summed E-state index contributed by atoms with van der Waals surface area (Å²) in [5, 5.41) is 134. The van der Waals surface area contributed by atoms with Gasteiger partial charge in [-0.05, 0) is 6.92 Å². The zero-order valence-electron chi connectivity index (χ0n) is 26.6. The average Bonchev–Trinajstić information content (AvgIpc) is 3.08. The quantitative estimate of drug-likeness (QED) is 0.0884. The Morgan fingerprint density at radius 2 is 1.38 bits per heavy atom. The number of hydrogen-bond acceptors (Lipinski definition) is 22. The van der Waals surface area contributed by atoms with Crippen LogP contribution in [-0.4, -0.2) is 220 Å². The van der Waals surface area contributed by atoms with Gasteiger partial charge in [0.05, 0.1) is 44.1 Å². The monoisotopic (exact) mass is 736 g/mol. The summed E-state index contributed by atoms with van der Waals surface area (Å²) in [5.74, 6) is -4.95. The van der Waals surface area contributed by atoms with Gasteiger partial charge in [-0.3, -0.25) is 0 Å². The highest BCUT2D eigenvalue weighted by molar-refractivity contribution is 5.76. The van der Waals surface area contributed by atoms with Gasteiger partial charge in [0, 0.05) is 6.42 Å². The van der Waals surface area contributed by atoms with E-state index in [9.17, 15) is 71.2 Å². The molecule has 4 saturated heterocycles. The van der Waals surface area contributed by atoms with Crippen LogP contribution in [0.4, 0.5) is 0 Å². The molecule has 0 spiro atoms. The Morgan fingerprint density at radius 1 is 0.780 bits per heavy atom. The van der Waals surface area contributed by atoms with Crippen molar-refractivity contribution in [3.8, 4) is 0 Å². The number of aliphatic carboxylic acids is 1. The van der Waals surface area contributed by atoms with E-state index in [1.807, 2.05) is 0 Å². The Balaban J connectivity index is 1.64. The van der Waals surface area contributed by atoms with Crippen molar-refractivity contribution in [3.63, 3.8) is 0 Å². The lowest BCUT2D eigenvalue weighted by Crippen LogP contribution is -2.70. The number of carbonyl (C=O) groups is 1. The number of aliphatic hydroxyl groups is 12. The zero-order chi connectivity index (χ0) is 37.4. The van der Waals surface area contributed by atoms with Crippen molar-refractivity contribution in [2.24, 2.45) is 11.5 Å². The number of rotatable bonds is 12. The molecule has 4 aliphatic heterocycles. The molecule has 0 radical (unpaired) electrons. The van der Waals surface area contributed by atoms with Crippen LogP contribution in [0.25, 0.3) is 0 Å². The fourth-order valence-corrected chi connectivity index (χ4v) is 6.25. The van der Waals surface area contributed by atoms with Crippen LogP contribution < -0.4 is 11.5 Å². The van der Waals surface area contributed by atoms with Gasteiger partial charge in [0.1, 0.15) is 79.4 Å². The zero-order valence-corrected chi connectivity index (χ0v) is 26.6. The maximum atomic E-state index is 12.6. The molecule has 4 aliphatic rings. The second-order valence-corrected chi connectivity index (χ2v) is 12.7. The summed E-state index contributed by atoms with van der Waals surface area (Å²) in [6.45, 7) is -1.51. The highest BCUT2D eigenvalue weighted by Crippen LogP contribution is 2.38. The van der Waals surface area contributed by atoms with E-state index in [0.29, 0.717) is 0 Å². The standard InChI is InChI=1S/C27H48N2O21/c1-6-13(35)16(38)17(39)24(44-6)47-19-10(5-32)45-23(41)12(29)21(19)48-25-18(40)22(15(37)9(4-31)46-25)50-27(26(42)43)2-7(33)11(28)20(49-27)14(36)8(34)3-30/h6-25,30-41H,2-5,28-29H2,1H3,(H,42,43)/t6?,7-,8-,9?,10+,11-,12?,13-,14-,15+,16?,17+,18+,19?,20?,21-,22?,23?,24+,25+,27+/m1/s1. The highest BCUT2D eigenvalue weighted by atomic mass is 16.8. The molecule has 0 amide bonds. The number of carboxylic acid groups (broad SMARTS) is 1. The molecule has 0 aromatic rings. The molecule has 50 heavy (non-hydrogen) atoms. The number of aliphatic hydroxyl groups excluding tert-OH is 12. The Morgan fingerprint density at radius 3 is 1.96 bits per heavy atom. The summed E-state index contributed by atoms with van der Waals surface area (Å²) >= 11 is 0. The van der Waals surface area contributed by atoms with E-state index in [0.717, 1.165) is 0 Å². The van der Waals surface area contributed by atoms with Gasteiger partial charge in [0.25, 0.3) is 5.79 Å². The lowest BCUT2D eigenvalue weighted by atomic mass is 9.88. The van der Waals surface area contributed by atoms with Crippen LogP contribution in [0.1, 0.15) is 13.3 Å². The molecule has 0 aromatic carbocycles. The highest BCUT2D eigenvalue weighted by Gasteiger charge is 2.60. The van der Waals surface area contributed by atoms with Crippen molar-refractivity contribution >= 4 is 5.97 Å². The Bertz CT molecular complexity index is 1110. The fourth-order valence-electron chi connectivity index (χ4n) is 6.25. The molecular weight excluding hydrogens is 688 g/mol. The molecule has 4 fully saturated rings. The molecule has 8 unspecified atom stereocenters. The SMILES string of the molecule is CC1O[C@@H](OC2[C@H](O[C@@H]3OC(CO)[C@H](O)C(O[C@]4(C(=O)O)C[C@@H](O)[C@@H](N)C([C@H](O)[C@H](O)CO)O4)[C@@H]3O)C(N)C(O)O[C@H]2CO)[C@@H](O)C(O)[C@@H]1O. The summed E-state index contributed by atoms with van der Waals surface area (Å²) in [7, 11) is 0.